The molecule has 0 radical (unpaired) electrons. The van der Waals surface area contributed by atoms with Gasteiger partial charge in [0.2, 0.25) is 5.91 Å². The van der Waals surface area contributed by atoms with Crippen LogP contribution < -0.4 is 19.5 Å². The van der Waals surface area contributed by atoms with Gasteiger partial charge in [-0.25, -0.2) is 4.98 Å². The summed E-state index contributed by atoms with van der Waals surface area (Å²) in [7, 11) is 4.69. The molecule has 0 bridgehead atoms. The summed E-state index contributed by atoms with van der Waals surface area (Å²) in [6.45, 7) is 0.274. The predicted molar refractivity (Wildman–Crippen MR) is 108 cm³/mol. The third kappa shape index (κ3) is 5.07. The highest BCUT2D eigenvalue weighted by Gasteiger charge is 2.15. The Bertz CT molecular complexity index is 928. The van der Waals surface area contributed by atoms with Gasteiger partial charge in [0.25, 0.3) is 0 Å². The van der Waals surface area contributed by atoms with Crippen LogP contribution >= 0.6 is 0 Å². The largest absolute Gasteiger partial charge is 0.496 e. The molecule has 2 aromatic carbocycles. The van der Waals surface area contributed by atoms with Gasteiger partial charge in [0.15, 0.2) is 11.7 Å². The van der Waals surface area contributed by atoms with E-state index in [-0.39, 0.29) is 18.9 Å². The third-order valence-electron chi connectivity index (χ3n) is 4.46. The Balaban J connectivity index is 1.58. The van der Waals surface area contributed by atoms with Crippen LogP contribution in [-0.2, 0) is 17.8 Å². The first kappa shape index (κ1) is 20.3. The Morgan fingerprint density at radius 3 is 2.34 bits per heavy atom. The van der Waals surface area contributed by atoms with Crippen molar-refractivity contribution in [3.63, 3.8) is 0 Å². The number of nitrogens with one attached hydrogen (secondary N) is 1. The summed E-state index contributed by atoms with van der Waals surface area (Å²) in [6, 6.07) is 13.2. The quantitative estimate of drug-likeness (QED) is 0.595. The molecule has 0 spiro atoms. The maximum absolute atomic E-state index is 12.3. The van der Waals surface area contributed by atoms with Crippen molar-refractivity contribution in [2.45, 2.75) is 19.4 Å². The number of rotatable bonds is 9. The van der Waals surface area contributed by atoms with E-state index in [2.05, 4.69) is 10.3 Å². The van der Waals surface area contributed by atoms with Gasteiger partial charge in [-0.05, 0) is 0 Å². The number of nitrogens with zero attached hydrogens (tertiary/aromatic N) is 1. The van der Waals surface area contributed by atoms with Crippen molar-refractivity contribution in [2.24, 2.45) is 0 Å². The number of oxazole rings is 1. The van der Waals surface area contributed by atoms with Gasteiger partial charge in [0.1, 0.15) is 17.2 Å². The summed E-state index contributed by atoms with van der Waals surface area (Å²) in [4.78, 5) is 16.6. The summed E-state index contributed by atoms with van der Waals surface area (Å²) in [5, 5.41) is 2.89. The minimum atomic E-state index is -0.121. The fourth-order valence-corrected chi connectivity index (χ4v) is 2.91. The van der Waals surface area contributed by atoms with Gasteiger partial charge >= 0.3 is 0 Å². The fourth-order valence-electron chi connectivity index (χ4n) is 2.91. The maximum Gasteiger partial charge on any atom is 0.220 e. The molecule has 0 unspecified atom stereocenters. The lowest BCUT2D eigenvalue weighted by atomic mass is 10.1. The Kier molecular flexibility index (Phi) is 6.73. The van der Waals surface area contributed by atoms with E-state index in [4.69, 9.17) is 18.6 Å². The van der Waals surface area contributed by atoms with Gasteiger partial charge < -0.3 is 23.9 Å². The molecule has 1 aromatic heterocycles. The third-order valence-corrected chi connectivity index (χ3v) is 4.46. The Labute approximate surface area is 169 Å². The molecule has 3 rings (SSSR count). The zero-order chi connectivity index (χ0) is 20.6. The maximum atomic E-state index is 12.3. The van der Waals surface area contributed by atoms with Crippen molar-refractivity contribution in [1.29, 1.82) is 0 Å². The van der Waals surface area contributed by atoms with Crippen LogP contribution in [0.15, 0.2) is 53.1 Å². The Morgan fingerprint density at radius 2 is 1.72 bits per heavy atom. The number of carbonyl (C=O) groups is 1. The number of ether oxygens (including phenoxy) is 3. The SMILES string of the molecule is COc1cc(OC)c(CNC(=O)CCc2ncc(-c3ccccc3)o2)c(OC)c1. The van der Waals surface area contributed by atoms with Crippen LogP contribution in [0.2, 0.25) is 0 Å². The number of methoxy groups -OCH3 is 3. The van der Waals surface area contributed by atoms with Crippen molar-refractivity contribution >= 4 is 5.91 Å². The second-order valence-corrected chi connectivity index (χ2v) is 6.27. The summed E-state index contributed by atoms with van der Waals surface area (Å²) in [5.41, 5.74) is 1.70. The monoisotopic (exact) mass is 396 g/mol. The number of aryl methyl sites for hydroxylation is 1. The second-order valence-electron chi connectivity index (χ2n) is 6.27. The molecule has 0 fully saturated rings. The van der Waals surface area contributed by atoms with E-state index in [0.29, 0.717) is 35.3 Å². The number of hydrogen-bond donors (Lipinski definition) is 1. The van der Waals surface area contributed by atoms with Gasteiger partial charge in [-0.3, -0.25) is 4.79 Å². The average molecular weight is 396 g/mol. The first-order valence-electron chi connectivity index (χ1n) is 9.20. The molecule has 1 heterocycles. The molecule has 0 aliphatic rings. The summed E-state index contributed by atoms with van der Waals surface area (Å²) >= 11 is 0. The number of carbonyl (C=O) groups excluding carboxylic acids is 1. The highest BCUT2D eigenvalue weighted by molar-refractivity contribution is 5.76. The smallest absolute Gasteiger partial charge is 0.220 e. The van der Waals surface area contributed by atoms with Crippen molar-refractivity contribution in [3.8, 4) is 28.6 Å². The normalized spacial score (nSPS) is 10.4. The summed E-state index contributed by atoms with van der Waals surface area (Å²) < 4.78 is 21.8. The molecule has 29 heavy (non-hydrogen) atoms. The van der Waals surface area contributed by atoms with E-state index in [1.54, 1.807) is 39.7 Å². The van der Waals surface area contributed by atoms with E-state index in [1.165, 1.54) is 0 Å². The summed E-state index contributed by atoms with van der Waals surface area (Å²) in [5.74, 6) is 2.88. The zero-order valence-corrected chi connectivity index (χ0v) is 16.7. The van der Waals surface area contributed by atoms with Crippen molar-refractivity contribution in [1.82, 2.24) is 10.3 Å². The van der Waals surface area contributed by atoms with Gasteiger partial charge in [0.05, 0.1) is 39.6 Å². The van der Waals surface area contributed by atoms with Gasteiger partial charge in [-0.2, -0.15) is 0 Å². The van der Waals surface area contributed by atoms with Gasteiger partial charge in [-0.1, -0.05) is 30.3 Å². The van der Waals surface area contributed by atoms with Crippen LogP contribution in [0, 0.1) is 0 Å². The van der Waals surface area contributed by atoms with Gasteiger partial charge in [-0.15, -0.1) is 0 Å². The molecule has 1 amide bonds. The molecule has 7 heteroatoms. The van der Waals surface area contributed by atoms with Crippen LogP contribution in [0.3, 0.4) is 0 Å². The molecule has 0 aliphatic carbocycles. The first-order valence-corrected chi connectivity index (χ1v) is 9.20. The second kappa shape index (κ2) is 9.64. The minimum absolute atomic E-state index is 0.121. The van der Waals surface area contributed by atoms with E-state index in [1.807, 2.05) is 30.3 Å². The molecule has 0 aliphatic heterocycles. The molecule has 0 saturated carbocycles. The highest BCUT2D eigenvalue weighted by Crippen LogP contribution is 2.33. The lowest BCUT2D eigenvalue weighted by Gasteiger charge is -2.15. The number of amides is 1. The van der Waals surface area contributed by atoms with Gasteiger partial charge in [0, 0.05) is 30.5 Å². The average Bonchev–Trinajstić information content (AvgIpc) is 3.25. The predicted octanol–water partition coefficient (Wildman–Crippen LogP) is 3.62. The van der Waals surface area contributed by atoms with Crippen LogP contribution in [-0.4, -0.2) is 32.2 Å². The molecule has 1 N–H and O–H groups in total. The van der Waals surface area contributed by atoms with Crippen LogP contribution in [0.5, 0.6) is 17.2 Å². The molecule has 0 atom stereocenters. The molecular formula is C22H24N2O5. The minimum Gasteiger partial charge on any atom is -0.496 e. The lowest BCUT2D eigenvalue weighted by Crippen LogP contribution is -2.23. The summed E-state index contributed by atoms with van der Waals surface area (Å²) in [6.07, 6.45) is 2.35. The number of aromatic nitrogens is 1. The molecule has 152 valence electrons. The number of benzene rings is 2. The van der Waals surface area contributed by atoms with Crippen molar-refractivity contribution in [2.75, 3.05) is 21.3 Å². The lowest BCUT2D eigenvalue weighted by molar-refractivity contribution is -0.121. The fraction of sp³-hybridized carbons (Fsp3) is 0.273. The van der Waals surface area contributed by atoms with Crippen molar-refractivity contribution in [3.05, 3.63) is 60.1 Å². The molecule has 7 nitrogen and oxygen atoms in total. The first-order chi connectivity index (χ1) is 14.1. The topological polar surface area (TPSA) is 82.8 Å². The van der Waals surface area contributed by atoms with E-state index < -0.39 is 0 Å². The van der Waals surface area contributed by atoms with E-state index in [9.17, 15) is 4.79 Å². The molecule has 3 aromatic rings. The van der Waals surface area contributed by atoms with E-state index >= 15 is 0 Å². The standard InChI is InChI=1S/C22H24N2O5/c1-26-16-11-18(27-2)17(19(12-16)28-3)13-23-21(25)9-10-22-24-14-20(29-22)15-7-5-4-6-8-15/h4-8,11-12,14H,9-10,13H2,1-3H3,(H,23,25). The highest BCUT2D eigenvalue weighted by atomic mass is 16.5. The Hall–Kier alpha value is -3.48. The zero-order valence-electron chi connectivity index (χ0n) is 16.7. The number of hydrogen-bond acceptors (Lipinski definition) is 6. The Morgan fingerprint density at radius 1 is 1.03 bits per heavy atom. The molecule has 0 saturated heterocycles. The van der Waals surface area contributed by atoms with Crippen LogP contribution in [0.1, 0.15) is 17.9 Å². The van der Waals surface area contributed by atoms with E-state index in [0.717, 1.165) is 11.1 Å². The molecular weight excluding hydrogens is 372 g/mol. The van der Waals surface area contributed by atoms with Crippen molar-refractivity contribution < 1.29 is 23.4 Å². The van der Waals surface area contributed by atoms with Crippen LogP contribution in [0.4, 0.5) is 0 Å². The van der Waals surface area contributed by atoms with Crippen LogP contribution in [0.25, 0.3) is 11.3 Å².